The number of hydrogen-bond acceptors (Lipinski definition) is 7. The van der Waals surface area contributed by atoms with Gasteiger partial charge in [0.25, 0.3) is 0 Å². The third kappa shape index (κ3) is 2.86. The zero-order chi connectivity index (χ0) is 15.9. The number of ether oxygens (including phenoxy) is 1. The number of nitrogens with two attached hydrogens (primary N) is 1. The molecule has 3 N–H and O–H groups in total. The van der Waals surface area contributed by atoms with Crippen LogP contribution in [0.2, 0.25) is 0 Å². The van der Waals surface area contributed by atoms with Crippen molar-refractivity contribution in [1.82, 2.24) is 9.97 Å². The standard InChI is InChI=1S/C13H16N4O3S2/c1-7-11(21-13(14)16-7)8-5-10(12(20-2)15-6-8)17-22(18,19)9-3-4-9/h5-6,9,17H,3-4H2,1-2H3,(H2,14,16). The molecule has 0 radical (unpaired) electrons. The normalized spacial score (nSPS) is 14.8. The summed E-state index contributed by atoms with van der Waals surface area (Å²) in [5, 5.41) is 0.144. The summed E-state index contributed by atoms with van der Waals surface area (Å²) in [5.74, 6) is 0.239. The van der Waals surface area contributed by atoms with E-state index in [1.165, 1.54) is 18.4 Å². The van der Waals surface area contributed by atoms with E-state index in [9.17, 15) is 8.42 Å². The lowest BCUT2D eigenvalue weighted by atomic mass is 10.2. The Morgan fingerprint density at radius 2 is 2.18 bits per heavy atom. The number of sulfonamides is 1. The lowest BCUT2D eigenvalue weighted by Gasteiger charge is -2.11. The number of hydrogen-bond donors (Lipinski definition) is 2. The molecule has 3 rings (SSSR count). The Bertz CT molecular complexity index is 813. The molecule has 2 aromatic rings. The highest BCUT2D eigenvalue weighted by Crippen LogP contribution is 2.36. The van der Waals surface area contributed by atoms with Crippen molar-refractivity contribution in [2.45, 2.75) is 25.0 Å². The summed E-state index contributed by atoms with van der Waals surface area (Å²) in [6.07, 6.45) is 3.00. The van der Waals surface area contributed by atoms with Crippen molar-refractivity contribution in [2.75, 3.05) is 17.6 Å². The van der Waals surface area contributed by atoms with E-state index < -0.39 is 10.0 Å². The number of aryl methyl sites for hydroxylation is 1. The minimum absolute atomic E-state index is 0.239. The molecule has 118 valence electrons. The van der Waals surface area contributed by atoms with Gasteiger partial charge in [-0.2, -0.15) is 0 Å². The third-order valence-corrected chi connectivity index (χ3v) is 6.22. The summed E-state index contributed by atoms with van der Waals surface area (Å²) >= 11 is 1.33. The van der Waals surface area contributed by atoms with Crippen LogP contribution in [0.15, 0.2) is 12.3 Å². The van der Waals surface area contributed by atoms with Crippen LogP contribution in [0.1, 0.15) is 18.5 Å². The highest BCUT2D eigenvalue weighted by atomic mass is 32.2. The Kier molecular flexibility index (Phi) is 3.69. The Hall–Kier alpha value is -1.87. The van der Waals surface area contributed by atoms with Crippen molar-refractivity contribution in [3.8, 4) is 16.3 Å². The van der Waals surface area contributed by atoms with Gasteiger partial charge in [0.1, 0.15) is 5.69 Å². The number of rotatable bonds is 5. The second-order valence-electron chi connectivity index (χ2n) is 5.09. The summed E-state index contributed by atoms with van der Waals surface area (Å²) in [6, 6.07) is 1.70. The van der Waals surface area contributed by atoms with E-state index in [1.807, 2.05) is 6.92 Å². The zero-order valence-electron chi connectivity index (χ0n) is 12.2. The van der Waals surface area contributed by atoms with E-state index in [1.54, 1.807) is 12.3 Å². The Balaban J connectivity index is 2.01. The lowest BCUT2D eigenvalue weighted by Crippen LogP contribution is -2.18. The molecule has 0 aromatic carbocycles. The second kappa shape index (κ2) is 5.40. The molecule has 9 heteroatoms. The Morgan fingerprint density at radius 3 is 2.73 bits per heavy atom. The zero-order valence-corrected chi connectivity index (χ0v) is 13.8. The average molecular weight is 340 g/mol. The molecule has 2 aromatic heterocycles. The highest BCUT2D eigenvalue weighted by Gasteiger charge is 2.36. The average Bonchev–Trinajstić information content (AvgIpc) is 3.25. The molecular formula is C13H16N4O3S2. The van der Waals surface area contributed by atoms with Gasteiger partial charge >= 0.3 is 0 Å². The van der Waals surface area contributed by atoms with Crippen molar-refractivity contribution >= 4 is 32.2 Å². The van der Waals surface area contributed by atoms with Crippen LogP contribution in [0, 0.1) is 6.92 Å². The monoisotopic (exact) mass is 340 g/mol. The molecule has 0 unspecified atom stereocenters. The fourth-order valence-corrected chi connectivity index (χ4v) is 4.30. The van der Waals surface area contributed by atoms with Gasteiger partial charge in [-0.1, -0.05) is 11.3 Å². The maximum atomic E-state index is 12.1. The first kappa shape index (κ1) is 15.0. The molecule has 22 heavy (non-hydrogen) atoms. The topological polar surface area (TPSA) is 107 Å². The molecule has 1 saturated carbocycles. The number of nitrogens with zero attached hydrogens (tertiary/aromatic N) is 2. The maximum absolute atomic E-state index is 12.1. The number of anilines is 2. The smallest absolute Gasteiger partial charge is 0.238 e. The Morgan fingerprint density at radius 1 is 1.45 bits per heavy atom. The van der Waals surface area contributed by atoms with Crippen molar-refractivity contribution < 1.29 is 13.2 Å². The second-order valence-corrected chi connectivity index (χ2v) is 8.09. The molecule has 1 fully saturated rings. The van der Waals surface area contributed by atoms with Gasteiger partial charge in [0.2, 0.25) is 15.9 Å². The van der Waals surface area contributed by atoms with Gasteiger partial charge in [-0.3, -0.25) is 4.72 Å². The molecule has 1 aliphatic carbocycles. The fraction of sp³-hybridized carbons (Fsp3) is 0.385. The summed E-state index contributed by atoms with van der Waals surface area (Å²) in [7, 11) is -1.93. The van der Waals surface area contributed by atoms with Crippen LogP contribution in [0.4, 0.5) is 10.8 Å². The van der Waals surface area contributed by atoms with Gasteiger partial charge in [-0.25, -0.2) is 18.4 Å². The molecule has 0 saturated heterocycles. The lowest BCUT2D eigenvalue weighted by molar-refractivity contribution is 0.400. The van der Waals surface area contributed by atoms with Crippen LogP contribution < -0.4 is 15.2 Å². The number of aromatic nitrogens is 2. The van der Waals surface area contributed by atoms with Crippen LogP contribution in [0.25, 0.3) is 10.4 Å². The van der Waals surface area contributed by atoms with Crippen molar-refractivity contribution in [3.63, 3.8) is 0 Å². The van der Waals surface area contributed by atoms with Gasteiger partial charge < -0.3 is 10.5 Å². The third-order valence-electron chi connectivity index (χ3n) is 3.34. The van der Waals surface area contributed by atoms with Crippen LogP contribution in [-0.2, 0) is 10.0 Å². The predicted molar refractivity (Wildman–Crippen MR) is 86.6 cm³/mol. The van der Waals surface area contributed by atoms with E-state index in [2.05, 4.69) is 14.7 Å². The molecule has 0 spiro atoms. The van der Waals surface area contributed by atoms with E-state index in [4.69, 9.17) is 10.5 Å². The highest BCUT2D eigenvalue weighted by molar-refractivity contribution is 7.93. The quantitative estimate of drug-likeness (QED) is 0.862. The fourth-order valence-electron chi connectivity index (χ4n) is 2.11. The van der Waals surface area contributed by atoms with Crippen LogP contribution in [-0.4, -0.2) is 30.7 Å². The first-order valence-electron chi connectivity index (χ1n) is 6.69. The minimum atomic E-state index is -3.38. The van der Waals surface area contributed by atoms with E-state index >= 15 is 0 Å². The number of nitrogens with one attached hydrogen (secondary N) is 1. The van der Waals surface area contributed by atoms with Crippen LogP contribution in [0.5, 0.6) is 5.88 Å². The van der Waals surface area contributed by atoms with Gasteiger partial charge in [-0.05, 0) is 25.8 Å². The summed E-state index contributed by atoms with van der Waals surface area (Å²) in [4.78, 5) is 9.21. The molecule has 7 nitrogen and oxygen atoms in total. The van der Waals surface area contributed by atoms with Gasteiger partial charge in [0, 0.05) is 11.8 Å². The number of methoxy groups -OCH3 is 1. The minimum Gasteiger partial charge on any atom is -0.480 e. The van der Waals surface area contributed by atoms with Gasteiger partial charge in [-0.15, -0.1) is 0 Å². The molecule has 0 amide bonds. The predicted octanol–water partition coefficient (Wildman–Crippen LogP) is 2.01. The van der Waals surface area contributed by atoms with Crippen LogP contribution in [0.3, 0.4) is 0 Å². The van der Waals surface area contributed by atoms with Crippen molar-refractivity contribution in [1.29, 1.82) is 0 Å². The van der Waals surface area contributed by atoms with Gasteiger partial charge in [0.15, 0.2) is 5.13 Å². The molecule has 2 heterocycles. The molecule has 0 aliphatic heterocycles. The largest absolute Gasteiger partial charge is 0.480 e. The molecule has 0 bridgehead atoms. The summed E-state index contributed by atoms with van der Waals surface area (Å²) < 4.78 is 32.0. The first-order valence-corrected chi connectivity index (χ1v) is 9.06. The van der Waals surface area contributed by atoms with E-state index in [-0.39, 0.29) is 11.1 Å². The molecule has 1 aliphatic rings. The molecular weight excluding hydrogens is 324 g/mol. The number of pyridine rings is 1. The SMILES string of the molecule is COc1ncc(-c2sc(N)nc2C)cc1NS(=O)(=O)C1CC1. The van der Waals surface area contributed by atoms with E-state index in [0.717, 1.165) is 16.1 Å². The van der Waals surface area contributed by atoms with Crippen LogP contribution >= 0.6 is 11.3 Å². The summed E-state index contributed by atoms with van der Waals surface area (Å²) in [6.45, 7) is 1.85. The van der Waals surface area contributed by atoms with Gasteiger partial charge in [0.05, 0.1) is 22.9 Å². The Labute approximate surface area is 132 Å². The first-order chi connectivity index (χ1) is 10.4. The van der Waals surface area contributed by atoms with Crippen molar-refractivity contribution in [3.05, 3.63) is 18.0 Å². The number of thiazole rings is 1. The molecule has 0 atom stereocenters. The van der Waals surface area contributed by atoms with Crippen molar-refractivity contribution in [2.24, 2.45) is 0 Å². The maximum Gasteiger partial charge on any atom is 0.238 e. The number of nitrogen functional groups attached to an aromatic ring is 1. The van der Waals surface area contributed by atoms with E-state index in [0.29, 0.717) is 23.7 Å². The summed E-state index contributed by atoms with van der Waals surface area (Å²) in [5.41, 5.74) is 7.58.